The van der Waals surface area contributed by atoms with E-state index in [1.807, 2.05) is 0 Å². The summed E-state index contributed by atoms with van der Waals surface area (Å²) >= 11 is 0. The third kappa shape index (κ3) is 8.30. The zero-order chi connectivity index (χ0) is 61.5. The molecule has 0 saturated heterocycles. The van der Waals surface area contributed by atoms with E-state index in [1.165, 1.54) is 118 Å². The van der Waals surface area contributed by atoms with Gasteiger partial charge in [-0.15, -0.1) is 0 Å². The van der Waals surface area contributed by atoms with Crippen molar-refractivity contribution < 1.29 is 4.74 Å². The first-order valence-corrected chi connectivity index (χ1v) is 36.1. The molecular weight excluding hydrogens is 1120 g/mol. The minimum absolute atomic E-state index is 0.0609. The Morgan fingerprint density at radius 3 is 1.14 bits per heavy atom. The van der Waals surface area contributed by atoms with Crippen LogP contribution in [0.25, 0.3) is 55.0 Å². The fourth-order valence-electron chi connectivity index (χ4n) is 15.8. The lowest BCUT2D eigenvalue weighted by atomic mass is 9.34. The summed E-state index contributed by atoms with van der Waals surface area (Å²) in [4.78, 5) is 0. The Hall–Kier alpha value is -9.46. The lowest BCUT2D eigenvalue weighted by molar-refractivity contribution is 0.486. The van der Waals surface area contributed by atoms with Gasteiger partial charge in [0.15, 0.2) is 16.1 Å². The molecule has 0 fully saturated rings. The Bertz CT molecular complexity index is 4760. The van der Waals surface area contributed by atoms with Crippen molar-refractivity contribution in [2.75, 3.05) is 0 Å². The van der Waals surface area contributed by atoms with Crippen LogP contribution in [0.2, 0.25) is 0 Å². The Balaban J connectivity index is 1.14. The molecule has 0 amide bonds. The molecular formula is C84H73BN2OSi2. The predicted molar refractivity (Wildman–Crippen MR) is 390 cm³/mol. The monoisotopic (exact) mass is 1190 g/mol. The van der Waals surface area contributed by atoms with Crippen LogP contribution in [0.5, 0.6) is 11.5 Å². The molecule has 2 aromatic heterocycles. The van der Waals surface area contributed by atoms with E-state index in [0.29, 0.717) is 0 Å². The molecule has 90 heavy (non-hydrogen) atoms. The average Bonchev–Trinajstić information content (AvgIpc) is 1.43. The molecule has 0 bridgehead atoms. The number of ether oxygens (including phenoxy) is 1. The van der Waals surface area contributed by atoms with Gasteiger partial charge >= 0.3 is 0 Å². The molecule has 2 aliphatic rings. The van der Waals surface area contributed by atoms with E-state index < -0.39 is 16.1 Å². The number of hydrogen-bond donors (Lipinski definition) is 0. The first kappa shape index (κ1) is 55.8. The van der Waals surface area contributed by atoms with Crippen molar-refractivity contribution >= 4 is 124 Å². The molecule has 436 valence electrons. The molecule has 2 aliphatic heterocycles. The van der Waals surface area contributed by atoms with E-state index in [-0.39, 0.29) is 23.0 Å². The van der Waals surface area contributed by atoms with E-state index in [1.54, 1.807) is 0 Å². The molecule has 3 nitrogen and oxygen atoms in total. The van der Waals surface area contributed by atoms with Gasteiger partial charge in [0.1, 0.15) is 11.5 Å². The molecule has 0 aliphatic carbocycles. The van der Waals surface area contributed by atoms with Crippen LogP contribution in [0.4, 0.5) is 0 Å². The zero-order valence-corrected chi connectivity index (χ0v) is 54.9. The molecule has 0 saturated carbocycles. The number of fused-ring (bicyclic) bond motifs is 10. The van der Waals surface area contributed by atoms with Gasteiger partial charge in [-0.2, -0.15) is 0 Å². The Labute approximate surface area is 532 Å². The summed E-state index contributed by atoms with van der Waals surface area (Å²) in [5.74, 6) is 1.80. The van der Waals surface area contributed by atoms with Crippen LogP contribution in [0.1, 0.15) is 79.0 Å². The zero-order valence-electron chi connectivity index (χ0n) is 52.9. The Morgan fingerprint density at radius 2 is 0.711 bits per heavy atom. The number of rotatable bonds is 9. The maximum atomic E-state index is 7.72. The molecule has 4 heterocycles. The molecule has 0 unspecified atom stereocenters. The van der Waals surface area contributed by atoms with Gasteiger partial charge in [0.25, 0.3) is 6.71 Å². The molecule has 0 N–H and O–H groups in total. The van der Waals surface area contributed by atoms with Crippen molar-refractivity contribution in [1.82, 2.24) is 9.13 Å². The predicted octanol–water partition coefficient (Wildman–Crippen LogP) is 13.5. The summed E-state index contributed by atoms with van der Waals surface area (Å²) in [6, 6.07) is 108. The number of para-hydroxylation sites is 2. The van der Waals surface area contributed by atoms with Crippen molar-refractivity contribution in [3.8, 4) is 22.9 Å². The average molecular weight is 1190 g/mol. The molecule has 14 aromatic rings. The first-order valence-electron chi connectivity index (χ1n) is 32.1. The van der Waals surface area contributed by atoms with Crippen molar-refractivity contribution in [1.29, 1.82) is 0 Å². The van der Waals surface area contributed by atoms with Gasteiger partial charge in [-0.3, -0.25) is 0 Å². The van der Waals surface area contributed by atoms with Crippen molar-refractivity contribution in [3.63, 3.8) is 0 Å². The van der Waals surface area contributed by atoms with Gasteiger partial charge in [0.05, 0.1) is 22.2 Å². The first-order chi connectivity index (χ1) is 43.6. The topological polar surface area (TPSA) is 19.1 Å². The summed E-state index contributed by atoms with van der Waals surface area (Å²) in [6.07, 6.45) is 0. The third-order valence-electron chi connectivity index (χ3n) is 20.1. The van der Waals surface area contributed by atoms with Crippen LogP contribution in [0, 0.1) is 0 Å². The lowest BCUT2D eigenvalue weighted by Gasteiger charge is -2.37. The fourth-order valence-corrected chi connectivity index (χ4v) is 25.7. The highest BCUT2D eigenvalue weighted by Crippen LogP contribution is 2.44. The molecule has 12 aromatic carbocycles. The number of aromatic nitrogens is 2. The van der Waals surface area contributed by atoms with E-state index in [2.05, 4.69) is 351 Å². The van der Waals surface area contributed by atoms with Crippen LogP contribution < -0.4 is 62.6 Å². The highest BCUT2D eigenvalue weighted by atomic mass is 28.3. The number of nitrogens with zero attached hydrogens (tertiary/aromatic N) is 2. The Kier molecular flexibility index (Phi) is 12.7. The van der Waals surface area contributed by atoms with Gasteiger partial charge < -0.3 is 13.9 Å². The van der Waals surface area contributed by atoms with Crippen molar-refractivity contribution in [2.45, 2.75) is 78.6 Å². The van der Waals surface area contributed by atoms with Crippen LogP contribution >= 0.6 is 0 Å². The molecule has 16 rings (SSSR count). The maximum absolute atomic E-state index is 7.72. The molecule has 0 radical (unpaired) electrons. The van der Waals surface area contributed by atoms with Crippen LogP contribution in [-0.4, -0.2) is 32.0 Å². The van der Waals surface area contributed by atoms with Gasteiger partial charge in [-0.25, -0.2) is 0 Å². The SMILES string of the molecule is CC(C)(C)c1ccc2c(c1)B1c3c(cc(-n4c5c([Si](c6ccccc6)(c6ccccc6)c6ccccc6)cccc5c5cccc([Si](c6ccccc6)(c6ccccc6)c6ccccc6)c54)cc3-n3c4ccc(C(C)(C)C)cc4c4cc(C(C)(C)C)cc1c43)O2. The van der Waals surface area contributed by atoms with Crippen LogP contribution in [0.15, 0.2) is 279 Å². The van der Waals surface area contributed by atoms with E-state index in [4.69, 9.17) is 4.74 Å². The summed E-state index contributed by atoms with van der Waals surface area (Å²) in [6.45, 7) is 21.0. The highest BCUT2D eigenvalue weighted by Gasteiger charge is 2.48. The number of hydrogen-bond acceptors (Lipinski definition) is 1. The van der Waals surface area contributed by atoms with Crippen LogP contribution in [-0.2, 0) is 16.2 Å². The largest absolute Gasteiger partial charge is 0.458 e. The Morgan fingerprint density at radius 1 is 0.311 bits per heavy atom. The third-order valence-corrected chi connectivity index (χ3v) is 29.7. The second-order valence-electron chi connectivity index (χ2n) is 28.4. The summed E-state index contributed by atoms with van der Waals surface area (Å²) in [7, 11) is -6.53. The lowest BCUT2D eigenvalue weighted by Crippen LogP contribution is -2.75. The quantitative estimate of drug-likeness (QED) is 0.104. The molecule has 0 atom stereocenters. The van der Waals surface area contributed by atoms with Gasteiger partial charge in [-0.05, 0) is 121 Å². The molecule has 6 heteroatoms. The second-order valence-corrected chi connectivity index (χ2v) is 35.9. The summed E-state index contributed by atoms with van der Waals surface area (Å²) in [5.41, 5.74) is 14.6. The second kappa shape index (κ2) is 20.5. The number of benzene rings is 12. The summed E-state index contributed by atoms with van der Waals surface area (Å²) in [5, 5.41) is 15.6. The van der Waals surface area contributed by atoms with E-state index >= 15 is 0 Å². The van der Waals surface area contributed by atoms with Gasteiger partial charge in [0, 0.05) is 38.8 Å². The van der Waals surface area contributed by atoms with Crippen molar-refractivity contribution in [2.24, 2.45) is 0 Å². The smallest absolute Gasteiger partial charge is 0.256 e. The minimum atomic E-state index is -3.27. The normalized spacial score (nSPS) is 13.2. The standard InChI is InChI=1S/C84H73BN2OSi2/c1-82(2,3)56-46-48-72-68(50-56)69-51-58(84(7,8)9)53-71-79(69)87(72)73-54-59(55-75-78(73)85(71)70-52-57(83(4,5)6)47-49-74(70)88-75)86-80-66(42-28-44-76(80)89(60-30-16-10-17-31-60,61-32-18-11-19-33-61)62-34-20-12-21-35-62)67-43-29-45-77(81(67)86)90(63-36-22-13-23-37-63,64-38-24-14-25-39-64)65-40-26-15-27-41-65/h10-55H,1-9H3. The summed E-state index contributed by atoms with van der Waals surface area (Å²) < 4.78 is 13.1. The maximum Gasteiger partial charge on any atom is 0.256 e. The van der Waals surface area contributed by atoms with Gasteiger partial charge in [-0.1, -0.05) is 305 Å². The fraction of sp³-hybridized carbons (Fsp3) is 0.143. The minimum Gasteiger partial charge on any atom is -0.458 e. The van der Waals surface area contributed by atoms with Crippen molar-refractivity contribution in [3.05, 3.63) is 296 Å². The van der Waals surface area contributed by atoms with E-state index in [9.17, 15) is 0 Å². The molecule has 0 spiro atoms. The highest BCUT2D eigenvalue weighted by molar-refractivity contribution is 7.21. The van der Waals surface area contributed by atoms with E-state index in [0.717, 1.165) is 22.9 Å². The van der Waals surface area contributed by atoms with Gasteiger partial charge in [0.2, 0.25) is 0 Å². The van der Waals surface area contributed by atoms with Crippen LogP contribution in [0.3, 0.4) is 0 Å².